The van der Waals surface area contributed by atoms with E-state index in [1.54, 1.807) is 36.2 Å². The Balaban J connectivity index is 1.32. The fourth-order valence-electron chi connectivity index (χ4n) is 3.80. The first-order chi connectivity index (χ1) is 13.5. The Bertz CT molecular complexity index is 921. The molecule has 2 heterocycles. The number of nitrogens with zero attached hydrogens (tertiary/aromatic N) is 4. The van der Waals surface area contributed by atoms with E-state index < -0.39 is 0 Å². The molecular weight excluding hydrogens is 358 g/mol. The summed E-state index contributed by atoms with van der Waals surface area (Å²) >= 11 is 0. The van der Waals surface area contributed by atoms with E-state index in [0.717, 1.165) is 31.5 Å². The van der Waals surface area contributed by atoms with Crippen molar-refractivity contribution < 1.29 is 9.59 Å². The molecule has 8 heteroatoms. The number of carbonyl (C=O) groups is 2. The maximum Gasteiger partial charge on any atom is 0.345 e. The molecule has 0 spiro atoms. The van der Waals surface area contributed by atoms with Crippen LogP contribution in [0.25, 0.3) is 0 Å². The quantitative estimate of drug-likeness (QED) is 0.836. The normalized spacial score (nSPS) is 17.5. The molecule has 0 radical (unpaired) electrons. The molecule has 1 aromatic heterocycles. The molecule has 1 saturated carbocycles. The summed E-state index contributed by atoms with van der Waals surface area (Å²) in [7, 11) is 1.69. The summed E-state index contributed by atoms with van der Waals surface area (Å²) in [5.41, 5.74) is 0.502. The van der Waals surface area contributed by atoms with Crippen molar-refractivity contribution in [2.45, 2.75) is 37.6 Å². The standard InChI is InChI=1S/C20H25N5O3/c1-23-20(28)25(16-7-8-16)18(22-23)14-9-11-24(12-10-14)17(26)13-21-19(27)15-5-3-2-4-6-15/h2-6,14,16H,7-13H2,1H3,(H,21,27). The minimum Gasteiger partial charge on any atom is -0.343 e. The number of aromatic nitrogens is 3. The largest absolute Gasteiger partial charge is 0.345 e. The Kier molecular flexibility index (Phi) is 5.02. The molecule has 2 aliphatic rings. The van der Waals surface area contributed by atoms with Gasteiger partial charge >= 0.3 is 5.69 Å². The van der Waals surface area contributed by atoms with Gasteiger partial charge in [0.15, 0.2) is 0 Å². The van der Waals surface area contributed by atoms with Crippen molar-refractivity contribution in [3.05, 3.63) is 52.2 Å². The highest BCUT2D eigenvalue weighted by Gasteiger charge is 2.34. The van der Waals surface area contributed by atoms with Crippen LogP contribution >= 0.6 is 0 Å². The lowest BCUT2D eigenvalue weighted by Crippen LogP contribution is -2.44. The Hall–Kier alpha value is -2.90. The molecule has 1 aliphatic heterocycles. The van der Waals surface area contributed by atoms with E-state index in [9.17, 15) is 14.4 Å². The van der Waals surface area contributed by atoms with Gasteiger partial charge in [0, 0.05) is 37.7 Å². The first-order valence-corrected chi connectivity index (χ1v) is 9.81. The molecular formula is C20H25N5O3. The summed E-state index contributed by atoms with van der Waals surface area (Å²) in [5.74, 6) is 0.728. The molecule has 148 valence electrons. The van der Waals surface area contributed by atoms with Gasteiger partial charge in [-0.15, -0.1) is 0 Å². The molecule has 2 fully saturated rings. The zero-order chi connectivity index (χ0) is 19.7. The van der Waals surface area contributed by atoms with Crippen LogP contribution in [0.2, 0.25) is 0 Å². The van der Waals surface area contributed by atoms with Crippen LogP contribution in [0.5, 0.6) is 0 Å². The van der Waals surface area contributed by atoms with Gasteiger partial charge in [-0.1, -0.05) is 18.2 Å². The number of hydrogen-bond donors (Lipinski definition) is 1. The van der Waals surface area contributed by atoms with Crippen LogP contribution in [0.4, 0.5) is 0 Å². The maximum absolute atomic E-state index is 12.5. The minimum absolute atomic E-state index is 0.00519. The molecule has 0 bridgehead atoms. The van der Waals surface area contributed by atoms with Crippen molar-refractivity contribution in [1.29, 1.82) is 0 Å². The first kappa shape index (κ1) is 18.5. The Morgan fingerprint density at radius 2 is 1.79 bits per heavy atom. The third-order valence-corrected chi connectivity index (χ3v) is 5.54. The third kappa shape index (κ3) is 3.72. The molecule has 1 aliphatic carbocycles. The molecule has 28 heavy (non-hydrogen) atoms. The van der Waals surface area contributed by atoms with Crippen molar-refractivity contribution in [3.63, 3.8) is 0 Å². The number of piperidine rings is 1. The van der Waals surface area contributed by atoms with Gasteiger partial charge in [-0.3, -0.25) is 14.2 Å². The lowest BCUT2D eigenvalue weighted by atomic mass is 9.95. The topological polar surface area (TPSA) is 89.2 Å². The van der Waals surface area contributed by atoms with Crippen molar-refractivity contribution >= 4 is 11.8 Å². The van der Waals surface area contributed by atoms with Crippen molar-refractivity contribution in [2.24, 2.45) is 7.05 Å². The third-order valence-electron chi connectivity index (χ3n) is 5.54. The number of carbonyl (C=O) groups excluding carboxylic acids is 2. The molecule has 1 aromatic carbocycles. The monoisotopic (exact) mass is 383 g/mol. The number of amides is 2. The second-order valence-electron chi connectivity index (χ2n) is 7.57. The Labute approximate surface area is 163 Å². The minimum atomic E-state index is -0.245. The number of hydrogen-bond acceptors (Lipinski definition) is 4. The van der Waals surface area contributed by atoms with E-state index in [4.69, 9.17) is 0 Å². The summed E-state index contributed by atoms with van der Waals surface area (Å²) in [6.07, 6.45) is 3.64. The fraction of sp³-hybridized carbons (Fsp3) is 0.500. The van der Waals surface area contributed by atoms with Crippen LogP contribution < -0.4 is 11.0 Å². The van der Waals surface area contributed by atoms with Crippen LogP contribution in [0.1, 0.15) is 53.8 Å². The molecule has 0 atom stereocenters. The van der Waals surface area contributed by atoms with E-state index in [2.05, 4.69) is 10.4 Å². The van der Waals surface area contributed by atoms with Gasteiger partial charge in [0.05, 0.1) is 6.54 Å². The van der Waals surface area contributed by atoms with Crippen LogP contribution in [0, 0.1) is 0 Å². The molecule has 8 nitrogen and oxygen atoms in total. The van der Waals surface area contributed by atoms with E-state index in [1.165, 1.54) is 4.68 Å². The summed E-state index contributed by atoms with van der Waals surface area (Å²) in [5, 5.41) is 7.16. The summed E-state index contributed by atoms with van der Waals surface area (Å²) in [4.78, 5) is 38.6. The molecule has 1 saturated heterocycles. The predicted octanol–water partition coefficient (Wildman–Crippen LogP) is 1.05. The summed E-state index contributed by atoms with van der Waals surface area (Å²) in [6, 6.07) is 9.16. The van der Waals surface area contributed by atoms with E-state index in [-0.39, 0.29) is 30.0 Å². The average molecular weight is 383 g/mol. The van der Waals surface area contributed by atoms with Gasteiger partial charge in [0.25, 0.3) is 5.91 Å². The SMILES string of the molecule is Cn1nc(C2CCN(C(=O)CNC(=O)c3ccccc3)CC2)n(C2CC2)c1=O. The molecule has 2 aromatic rings. The molecule has 0 unspecified atom stereocenters. The van der Waals surface area contributed by atoms with Gasteiger partial charge in [-0.2, -0.15) is 5.10 Å². The number of nitrogens with one attached hydrogen (secondary N) is 1. The number of benzene rings is 1. The predicted molar refractivity (Wildman–Crippen MR) is 103 cm³/mol. The molecule has 2 amide bonds. The van der Waals surface area contributed by atoms with E-state index in [0.29, 0.717) is 24.7 Å². The van der Waals surface area contributed by atoms with E-state index in [1.807, 2.05) is 10.6 Å². The Morgan fingerprint density at radius 3 is 2.43 bits per heavy atom. The molecule has 4 rings (SSSR count). The fourth-order valence-corrected chi connectivity index (χ4v) is 3.80. The van der Waals surface area contributed by atoms with Gasteiger partial charge < -0.3 is 10.2 Å². The maximum atomic E-state index is 12.5. The van der Waals surface area contributed by atoms with Gasteiger partial charge in [-0.05, 0) is 37.8 Å². The lowest BCUT2D eigenvalue weighted by Gasteiger charge is -2.31. The number of rotatable bonds is 5. The van der Waals surface area contributed by atoms with Crippen LogP contribution in [-0.2, 0) is 11.8 Å². The summed E-state index contributed by atoms with van der Waals surface area (Å²) in [6.45, 7) is 1.22. The van der Waals surface area contributed by atoms with E-state index >= 15 is 0 Å². The second-order valence-corrected chi connectivity index (χ2v) is 7.57. The number of likely N-dealkylation sites (tertiary alicyclic amines) is 1. The average Bonchev–Trinajstić information content (AvgIpc) is 3.52. The van der Waals surface area contributed by atoms with Gasteiger partial charge in [-0.25, -0.2) is 9.48 Å². The smallest absolute Gasteiger partial charge is 0.343 e. The Morgan fingerprint density at radius 1 is 1.11 bits per heavy atom. The van der Waals surface area contributed by atoms with Crippen molar-refractivity contribution in [3.8, 4) is 0 Å². The zero-order valence-corrected chi connectivity index (χ0v) is 16.0. The highest BCUT2D eigenvalue weighted by molar-refractivity contribution is 5.96. The van der Waals surface area contributed by atoms with Crippen molar-refractivity contribution in [1.82, 2.24) is 24.6 Å². The summed E-state index contributed by atoms with van der Waals surface area (Å²) < 4.78 is 3.27. The highest BCUT2D eigenvalue weighted by Crippen LogP contribution is 2.37. The number of aryl methyl sites for hydroxylation is 1. The second kappa shape index (κ2) is 7.61. The van der Waals surface area contributed by atoms with Crippen molar-refractivity contribution in [2.75, 3.05) is 19.6 Å². The first-order valence-electron chi connectivity index (χ1n) is 9.81. The van der Waals surface area contributed by atoms with Gasteiger partial charge in [0.2, 0.25) is 5.91 Å². The zero-order valence-electron chi connectivity index (χ0n) is 16.0. The lowest BCUT2D eigenvalue weighted by molar-refractivity contribution is -0.131. The van der Waals surface area contributed by atoms with Crippen LogP contribution in [0.3, 0.4) is 0 Å². The molecule has 1 N–H and O–H groups in total. The highest BCUT2D eigenvalue weighted by atomic mass is 16.2. The van der Waals surface area contributed by atoms with Crippen LogP contribution in [0.15, 0.2) is 35.1 Å². The van der Waals surface area contributed by atoms with Gasteiger partial charge in [0.1, 0.15) is 5.82 Å². The van der Waals surface area contributed by atoms with Crippen LogP contribution in [-0.4, -0.2) is 50.7 Å².